The third kappa shape index (κ3) is 4.14. The van der Waals surface area contributed by atoms with E-state index in [1.165, 1.54) is 36.4 Å². The Hall–Kier alpha value is -3.20. The van der Waals surface area contributed by atoms with Gasteiger partial charge in [-0.3, -0.25) is 9.59 Å². The van der Waals surface area contributed by atoms with Crippen LogP contribution in [0.3, 0.4) is 0 Å². The molecular weight excluding hydrogens is 398 g/mol. The molecule has 1 aromatic heterocycles. The van der Waals surface area contributed by atoms with Crippen LogP contribution in [0.2, 0.25) is 0 Å². The summed E-state index contributed by atoms with van der Waals surface area (Å²) in [4.78, 5) is 26.8. The van der Waals surface area contributed by atoms with Crippen molar-refractivity contribution in [3.8, 4) is 0 Å². The van der Waals surface area contributed by atoms with Gasteiger partial charge in [-0.25, -0.2) is 8.78 Å². The van der Waals surface area contributed by atoms with E-state index >= 15 is 0 Å². The maximum atomic E-state index is 13.5. The molecule has 2 aromatic carbocycles. The second-order valence-corrected chi connectivity index (χ2v) is 7.59. The van der Waals surface area contributed by atoms with E-state index < -0.39 is 17.5 Å². The second kappa shape index (κ2) is 8.04. The first kappa shape index (κ1) is 19.1. The number of amides is 2. The molecule has 9 heteroatoms. The molecule has 3 aromatic rings. The first-order valence-corrected chi connectivity index (χ1v) is 9.80. The molecular formula is C20H16F2N4O2S. The van der Waals surface area contributed by atoms with E-state index in [1.807, 2.05) is 0 Å². The minimum atomic E-state index is -0.500. The Labute approximate surface area is 169 Å². The number of nitrogens with zero attached hydrogens (tertiary/aromatic N) is 3. The van der Waals surface area contributed by atoms with Gasteiger partial charge >= 0.3 is 0 Å². The van der Waals surface area contributed by atoms with E-state index in [-0.39, 0.29) is 22.5 Å². The van der Waals surface area contributed by atoms with Crippen LogP contribution in [0, 0.1) is 11.6 Å². The average molecular weight is 414 g/mol. The predicted molar refractivity (Wildman–Crippen MR) is 104 cm³/mol. The van der Waals surface area contributed by atoms with E-state index in [9.17, 15) is 18.4 Å². The number of aromatic nitrogens is 2. The molecule has 0 saturated carbocycles. The first-order valence-electron chi connectivity index (χ1n) is 8.98. The molecule has 0 spiro atoms. The van der Waals surface area contributed by atoms with Crippen molar-refractivity contribution in [1.29, 1.82) is 0 Å². The number of carbonyl (C=O) groups excluding carboxylic acids is 2. The van der Waals surface area contributed by atoms with Gasteiger partial charge in [0.25, 0.3) is 11.8 Å². The molecule has 0 radical (unpaired) electrons. The average Bonchev–Trinajstić information content (AvgIpc) is 3.37. The van der Waals surface area contributed by atoms with Crippen molar-refractivity contribution in [2.75, 3.05) is 11.9 Å². The number of likely N-dealkylation sites (tertiary alicyclic amines) is 1. The van der Waals surface area contributed by atoms with E-state index in [2.05, 4.69) is 15.5 Å². The van der Waals surface area contributed by atoms with E-state index in [1.54, 1.807) is 17.0 Å². The molecule has 1 aliphatic rings. The second-order valence-electron chi connectivity index (χ2n) is 6.58. The highest BCUT2D eigenvalue weighted by Crippen LogP contribution is 2.34. The van der Waals surface area contributed by atoms with E-state index in [0.717, 1.165) is 17.8 Å². The lowest BCUT2D eigenvalue weighted by atomic mass is 10.1. The maximum Gasteiger partial charge on any atom is 0.286 e. The Morgan fingerprint density at radius 2 is 1.83 bits per heavy atom. The van der Waals surface area contributed by atoms with Gasteiger partial charge in [0.2, 0.25) is 5.01 Å². The van der Waals surface area contributed by atoms with Crippen LogP contribution in [-0.2, 0) is 0 Å². The Morgan fingerprint density at radius 1 is 1.07 bits per heavy atom. The number of benzene rings is 2. The molecule has 0 aliphatic carbocycles. The third-order valence-electron chi connectivity index (χ3n) is 4.59. The number of halogens is 2. The van der Waals surface area contributed by atoms with E-state index in [4.69, 9.17) is 0 Å². The van der Waals surface area contributed by atoms with Crippen LogP contribution in [0.5, 0.6) is 0 Å². The van der Waals surface area contributed by atoms with Gasteiger partial charge in [-0.05, 0) is 49.2 Å². The fourth-order valence-corrected chi connectivity index (χ4v) is 4.15. The van der Waals surface area contributed by atoms with Gasteiger partial charge in [0, 0.05) is 17.8 Å². The van der Waals surface area contributed by atoms with Gasteiger partial charge in [0.05, 0.1) is 6.04 Å². The van der Waals surface area contributed by atoms with Crippen molar-refractivity contribution >= 4 is 28.8 Å². The van der Waals surface area contributed by atoms with Crippen molar-refractivity contribution in [3.05, 3.63) is 75.7 Å². The third-order valence-corrected chi connectivity index (χ3v) is 5.61. The van der Waals surface area contributed by atoms with Crippen molar-refractivity contribution in [3.63, 3.8) is 0 Å². The molecule has 1 saturated heterocycles. The Bertz CT molecular complexity index is 1070. The summed E-state index contributed by atoms with van der Waals surface area (Å²) < 4.78 is 26.7. The number of hydrogen-bond donors (Lipinski definition) is 1. The molecule has 2 amide bonds. The van der Waals surface area contributed by atoms with E-state index in [0.29, 0.717) is 23.7 Å². The quantitative estimate of drug-likeness (QED) is 0.699. The number of hydrogen-bond acceptors (Lipinski definition) is 5. The summed E-state index contributed by atoms with van der Waals surface area (Å²) in [7, 11) is 0. The molecule has 4 rings (SSSR count). The minimum absolute atomic E-state index is 0.120. The normalized spacial score (nSPS) is 16.1. The molecule has 1 atom stereocenters. The number of carbonyl (C=O) groups is 2. The van der Waals surface area contributed by atoms with Crippen molar-refractivity contribution < 1.29 is 18.4 Å². The molecule has 1 aliphatic heterocycles. The monoisotopic (exact) mass is 414 g/mol. The summed E-state index contributed by atoms with van der Waals surface area (Å²) >= 11 is 1.09. The van der Waals surface area contributed by atoms with Gasteiger partial charge in [-0.1, -0.05) is 23.5 Å². The highest BCUT2D eigenvalue weighted by atomic mass is 32.1. The summed E-state index contributed by atoms with van der Waals surface area (Å²) in [6.45, 7) is 0.518. The Kier molecular flexibility index (Phi) is 5.30. The summed E-state index contributed by atoms with van der Waals surface area (Å²) in [6, 6.07) is 10.8. The van der Waals surface area contributed by atoms with Crippen LogP contribution in [0.15, 0.2) is 48.5 Å². The SMILES string of the molecule is O=C(Nc1cccc(F)c1)c1nnc(C2CCCN2C(=O)c2cccc(F)c2)s1. The largest absolute Gasteiger partial charge is 0.329 e. The standard InChI is InChI=1S/C20H16F2N4O2S/c21-13-5-1-4-12(10-13)20(28)26-9-3-8-16(26)18-24-25-19(29-18)17(27)23-15-7-2-6-14(22)11-15/h1-2,4-7,10-11,16H,3,8-9H2,(H,23,27). The van der Waals surface area contributed by atoms with Crippen LogP contribution >= 0.6 is 11.3 Å². The maximum absolute atomic E-state index is 13.5. The zero-order valence-electron chi connectivity index (χ0n) is 15.1. The fraction of sp³-hybridized carbons (Fsp3) is 0.200. The van der Waals surface area contributed by atoms with Gasteiger partial charge in [-0.15, -0.1) is 10.2 Å². The molecule has 148 valence electrons. The van der Waals surface area contributed by atoms with Gasteiger partial charge in [0.1, 0.15) is 16.6 Å². The highest BCUT2D eigenvalue weighted by Gasteiger charge is 2.33. The minimum Gasteiger partial charge on any atom is -0.329 e. The summed E-state index contributed by atoms with van der Waals surface area (Å²) in [5, 5.41) is 11.2. The lowest BCUT2D eigenvalue weighted by Gasteiger charge is -2.22. The summed E-state index contributed by atoms with van der Waals surface area (Å²) in [5.74, 6) is -1.72. The van der Waals surface area contributed by atoms with Crippen LogP contribution in [0.25, 0.3) is 0 Å². The lowest BCUT2D eigenvalue weighted by molar-refractivity contribution is 0.0734. The zero-order valence-corrected chi connectivity index (χ0v) is 16.0. The number of rotatable bonds is 4. The van der Waals surface area contributed by atoms with Crippen molar-refractivity contribution in [1.82, 2.24) is 15.1 Å². The highest BCUT2D eigenvalue weighted by molar-refractivity contribution is 7.13. The molecule has 1 unspecified atom stereocenters. The first-order chi connectivity index (χ1) is 14.0. The van der Waals surface area contributed by atoms with Crippen LogP contribution in [-0.4, -0.2) is 33.5 Å². The van der Waals surface area contributed by atoms with Gasteiger partial charge in [0.15, 0.2) is 0 Å². The van der Waals surface area contributed by atoms with Crippen LogP contribution in [0.4, 0.5) is 14.5 Å². The van der Waals surface area contributed by atoms with Crippen LogP contribution < -0.4 is 5.32 Å². The van der Waals surface area contributed by atoms with Crippen LogP contribution in [0.1, 0.15) is 44.1 Å². The fourth-order valence-electron chi connectivity index (χ4n) is 3.27. The predicted octanol–water partition coefficient (Wildman–Crippen LogP) is 4.05. The molecule has 6 nitrogen and oxygen atoms in total. The number of anilines is 1. The topological polar surface area (TPSA) is 75.2 Å². The lowest BCUT2D eigenvalue weighted by Crippen LogP contribution is -2.30. The van der Waals surface area contributed by atoms with Gasteiger partial charge in [-0.2, -0.15) is 0 Å². The molecule has 1 N–H and O–H groups in total. The Balaban J connectivity index is 1.50. The van der Waals surface area contributed by atoms with Crippen molar-refractivity contribution in [2.24, 2.45) is 0 Å². The summed E-state index contributed by atoms with van der Waals surface area (Å²) in [5.41, 5.74) is 0.584. The van der Waals surface area contributed by atoms with Gasteiger partial charge < -0.3 is 10.2 Å². The summed E-state index contributed by atoms with van der Waals surface area (Å²) in [6.07, 6.45) is 1.46. The Morgan fingerprint density at radius 3 is 2.59 bits per heavy atom. The number of nitrogens with one attached hydrogen (secondary N) is 1. The molecule has 0 bridgehead atoms. The zero-order chi connectivity index (χ0) is 20.4. The van der Waals surface area contributed by atoms with Crippen molar-refractivity contribution in [2.45, 2.75) is 18.9 Å². The molecule has 2 heterocycles. The smallest absolute Gasteiger partial charge is 0.286 e. The molecule has 29 heavy (non-hydrogen) atoms. The molecule has 1 fully saturated rings.